The van der Waals surface area contributed by atoms with Crippen LogP contribution in [-0.2, 0) is 0 Å². The monoisotopic (exact) mass is 128 g/mol. The molecule has 0 heterocycles. The zero-order chi connectivity index (χ0) is 6.85. The van der Waals surface area contributed by atoms with Gasteiger partial charge in [-0.15, -0.1) is 0 Å². The van der Waals surface area contributed by atoms with E-state index in [-0.39, 0.29) is 12.2 Å². The highest BCUT2D eigenvalue weighted by Crippen LogP contribution is 2.21. The van der Waals surface area contributed by atoms with Crippen LogP contribution in [0.5, 0.6) is 0 Å². The van der Waals surface area contributed by atoms with Crippen molar-refractivity contribution >= 4 is 0 Å². The van der Waals surface area contributed by atoms with Crippen LogP contribution in [0.25, 0.3) is 0 Å². The SMILES string of the molecule is C=C1CC(O)C[C@H](O)C1. The predicted octanol–water partition coefficient (Wildman–Crippen LogP) is 0.448. The van der Waals surface area contributed by atoms with Crippen molar-refractivity contribution in [1.82, 2.24) is 0 Å². The van der Waals surface area contributed by atoms with E-state index in [1.165, 1.54) is 0 Å². The highest BCUT2D eigenvalue weighted by molar-refractivity contribution is 5.02. The molecule has 0 radical (unpaired) electrons. The summed E-state index contributed by atoms with van der Waals surface area (Å²) in [5.41, 5.74) is 0.959. The van der Waals surface area contributed by atoms with Gasteiger partial charge in [0.2, 0.25) is 0 Å². The average Bonchev–Trinajstić information content (AvgIpc) is 1.59. The molecular formula is C7H12O2. The van der Waals surface area contributed by atoms with Crippen molar-refractivity contribution in [2.24, 2.45) is 0 Å². The van der Waals surface area contributed by atoms with Crippen molar-refractivity contribution in [3.63, 3.8) is 0 Å². The lowest BCUT2D eigenvalue weighted by Crippen LogP contribution is -2.24. The lowest BCUT2D eigenvalue weighted by atomic mass is 9.92. The predicted molar refractivity (Wildman–Crippen MR) is 35.0 cm³/mol. The molecule has 0 aromatic heterocycles. The van der Waals surface area contributed by atoms with Crippen LogP contribution in [0.15, 0.2) is 12.2 Å². The van der Waals surface area contributed by atoms with E-state index in [0.29, 0.717) is 19.3 Å². The van der Waals surface area contributed by atoms with Gasteiger partial charge in [-0.2, -0.15) is 0 Å². The van der Waals surface area contributed by atoms with E-state index in [0.717, 1.165) is 5.57 Å². The molecule has 52 valence electrons. The second-order valence-corrected chi connectivity index (χ2v) is 2.70. The fraction of sp³-hybridized carbons (Fsp3) is 0.714. The maximum Gasteiger partial charge on any atom is 0.0601 e. The maximum absolute atomic E-state index is 9.03. The largest absolute Gasteiger partial charge is 0.393 e. The number of hydrogen-bond donors (Lipinski definition) is 2. The maximum atomic E-state index is 9.03. The van der Waals surface area contributed by atoms with Gasteiger partial charge in [0, 0.05) is 0 Å². The van der Waals surface area contributed by atoms with Gasteiger partial charge >= 0.3 is 0 Å². The summed E-state index contributed by atoms with van der Waals surface area (Å²) in [7, 11) is 0. The lowest BCUT2D eigenvalue weighted by molar-refractivity contribution is 0.0612. The van der Waals surface area contributed by atoms with E-state index < -0.39 is 0 Å². The Morgan fingerprint density at radius 3 is 2.00 bits per heavy atom. The van der Waals surface area contributed by atoms with Gasteiger partial charge in [0.1, 0.15) is 0 Å². The molecule has 2 heteroatoms. The van der Waals surface area contributed by atoms with E-state index in [1.807, 2.05) is 0 Å². The molecular weight excluding hydrogens is 116 g/mol. The molecule has 0 aromatic rings. The van der Waals surface area contributed by atoms with Crippen molar-refractivity contribution in [2.75, 3.05) is 0 Å². The van der Waals surface area contributed by atoms with Crippen molar-refractivity contribution in [2.45, 2.75) is 31.5 Å². The number of rotatable bonds is 0. The fourth-order valence-electron chi connectivity index (χ4n) is 1.23. The van der Waals surface area contributed by atoms with Crippen LogP contribution < -0.4 is 0 Å². The molecule has 0 bridgehead atoms. The van der Waals surface area contributed by atoms with E-state index in [2.05, 4.69) is 6.58 Å². The van der Waals surface area contributed by atoms with Gasteiger partial charge in [0.25, 0.3) is 0 Å². The normalized spacial score (nSPS) is 36.9. The molecule has 1 aliphatic rings. The van der Waals surface area contributed by atoms with Gasteiger partial charge in [-0.25, -0.2) is 0 Å². The van der Waals surface area contributed by atoms with Crippen molar-refractivity contribution in [3.05, 3.63) is 12.2 Å². The number of aliphatic hydroxyl groups excluding tert-OH is 2. The van der Waals surface area contributed by atoms with Crippen molar-refractivity contribution < 1.29 is 10.2 Å². The Hall–Kier alpha value is -0.340. The minimum absolute atomic E-state index is 0.360. The standard InChI is InChI=1S/C7H12O2/c1-5-2-6(8)4-7(9)3-5/h6-9H,1-4H2/t6-,7?/m1/s1. The van der Waals surface area contributed by atoms with Crippen LogP contribution in [0.1, 0.15) is 19.3 Å². The lowest BCUT2D eigenvalue weighted by Gasteiger charge is -2.23. The smallest absolute Gasteiger partial charge is 0.0601 e. The molecule has 0 amide bonds. The first-order valence-electron chi connectivity index (χ1n) is 3.21. The first kappa shape index (κ1) is 6.78. The van der Waals surface area contributed by atoms with Gasteiger partial charge in [0.15, 0.2) is 0 Å². The Labute approximate surface area is 54.8 Å². The Balaban J connectivity index is 2.43. The Kier molecular flexibility index (Phi) is 1.88. The molecule has 1 rings (SSSR count). The highest BCUT2D eigenvalue weighted by atomic mass is 16.3. The zero-order valence-electron chi connectivity index (χ0n) is 5.38. The summed E-state index contributed by atoms with van der Waals surface area (Å²) in [6, 6.07) is 0. The van der Waals surface area contributed by atoms with Gasteiger partial charge in [0.05, 0.1) is 12.2 Å². The third-order valence-corrected chi connectivity index (χ3v) is 1.59. The van der Waals surface area contributed by atoms with Crippen LogP contribution in [0.2, 0.25) is 0 Å². The Morgan fingerprint density at radius 2 is 1.67 bits per heavy atom. The quantitative estimate of drug-likeness (QED) is 0.465. The number of aliphatic hydroxyl groups is 2. The summed E-state index contributed by atoms with van der Waals surface area (Å²) in [6.45, 7) is 3.70. The molecule has 1 fully saturated rings. The summed E-state index contributed by atoms with van der Waals surface area (Å²) in [5.74, 6) is 0. The molecule has 2 nitrogen and oxygen atoms in total. The third-order valence-electron chi connectivity index (χ3n) is 1.59. The molecule has 0 saturated heterocycles. The molecule has 1 saturated carbocycles. The van der Waals surface area contributed by atoms with Crippen molar-refractivity contribution in [1.29, 1.82) is 0 Å². The van der Waals surface area contributed by atoms with E-state index >= 15 is 0 Å². The molecule has 2 N–H and O–H groups in total. The summed E-state index contributed by atoms with van der Waals surface area (Å²) >= 11 is 0. The summed E-state index contributed by atoms with van der Waals surface area (Å²) < 4.78 is 0. The van der Waals surface area contributed by atoms with Crippen LogP contribution in [0, 0.1) is 0 Å². The second kappa shape index (κ2) is 2.50. The van der Waals surface area contributed by atoms with Gasteiger partial charge in [-0.05, 0) is 19.3 Å². The average molecular weight is 128 g/mol. The van der Waals surface area contributed by atoms with Crippen molar-refractivity contribution in [3.8, 4) is 0 Å². The summed E-state index contributed by atoms with van der Waals surface area (Å²) in [5, 5.41) is 18.1. The van der Waals surface area contributed by atoms with E-state index in [4.69, 9.17) is 10.2 Å². The Bertz CT molecular complexity index is 108. The molecule has 0 aliphatic heterocycles. The van der Waals surface area contributed by atoms with E-state index in [1.54, 1.807) is 0 Å². The molecule has 9 heavy (non-hydrogen) atoms. The van der Waals surface area contributed by atoms with Gasteiger partial charge < -0.3 is 10.2 Å². The van der Waals surface area contributed by atoms with E-state index in [9.17, 15) is 0 Å². The number of hydrogen-bond acceptors (Lipinski definition) is 2. The minimum Gasteiger partial charge on any atom is -0.393 e. The minimum atomic E-state index is -0.360. The van der Waals surface area contributed by atoms with Crippen LogP contribution >= 0.6 is 0 Å². The van der Waals surface area contributed by atoms with Gasteiger partial charge in [-0.1, -0.05) is 12.2 Å². The highest BCUT2D eigenvalue weighted by Gasteiger charge is 2.19. The molecule has 0 aromatic carbocycles. The van der Waals surface area contributed by atoms with Crippen LogP contribution in [0.3, 0.4) is 0 Å². The topological polar surface area (TPSA) is 40.5 Å². The van der Waals surface area contributed by atoms with Crippen LogP contribution in [-0.4, -0.2) is 22.4 Å². The molecule has 1 aliphatic carbocycles. The first-order chi connectivity index (χ1) is 4.18. The van der Waals surface area contributed by atoms with Gasteiger partial charge in [-0.3, -0.25) is 0 Å². The zero-order valence-corrected chi connectivity index (χ0v) is 5.38. The first-order valence-corrected chi connectivity index (χ1v) is 3.21. The molecule has 0 spiro atoms. The van der Waals surface area contributed by atoms with Crippen LogP contribution in [0.4, 0.5) is 0 Å². The summed E-state index contributed by atoms with van der Waals surface area (Å²) in [4.78, 5) is 0. The Morgan fingerprint density at radius 1 is 1.22 bits per heavy atom. The summed E-state index contributed by atoms with van der Waals surface area (Å²) in [6.07, 6.45) is 1.12. The molecule has 1 unspecified atom stereocenters. The fourth-order valence-corrected chi connectivity index (χ4v) is 1.23. The second-order valence-electron chi connectivity index (χ2n) is 2.70. The molecule has 2 atom stereocenters. The third kappa shape index (κ3) is 1.80.